The van der Waals surface area contributed by atoms with E-state index in [4.69, 9.17) is 20.0 Å². The zero-order valence-electron chi connectivity index (χ0n) is 15.2. The van der Waals surface area contributed by atoms with Crippen molar-refractivity contribution in [2.75, 3.05) is 32.9 Å². The van der Waals surface area contributed by atoms with E-state index in [9.17, 15) is 4.57 Å². The maximum Gasteiger partial charge on any atom is 0.469 e. The molecule has 0 aliphatic rings. The third-order valence-corrected chi connectivity index (χ3v) is 3.85. The molecule has 0 aliphatic carbocycles. The van der Waals surface area contributed by atoms with E-state index in [1.807, 2.05) is 0 Å². The first-order chi connectivity index (χ1) is 11.5. The molecule has 0 saturated carbocycles. The summed E-state index contributed by atoms with van der Waals surface area (Å²) in [5, 5.41) is 19.1. The maximum atomic E-state index is 10.4. The van der Waals surface area contributed by atoms with Crippen molar-refractivity contribution < 1.29 is 29.1 Å². The van der Waals surface area contributed by atoms with Gasteiger partial charge in [-0.2, -0.15) is 0 Å². The maximum absolute atomic E-state index is 10.4. The molecule has 0 bridgehead atoms. The molecule has 0 radical (unpaired) electrons. The average Bonchev–Trinajstić information content (AvgIpc) is 2.53. The van der Waals surface area contributed by atoms with Crippen LogP contribution in [-0.2, 0) is 9.09 Å². The highest BCUT2D eigenvalue weighted by Gasteiger charge is 2.12. The molecule has 8 heteroatoms. The minimum absolute atomic E-state index is 0.139. The van der Waals surface area contributed by atoms with Crippen molar-refractivity contribution in [1.82, 2.24) is 5.32 Å². The van der Waals surface area contributed by atoms with Crippen LogP contribution in [0.5, 0.6) is 0 Å². The first kappa shape index (κ1) is 26.2. The van der Waals surface area contributed by atoms with Crippen molar-refractivity contribution in [2.24, 2.45) is 0 Å². The van der Waals surface area contributed by atoms with Crippen molar-refractivity contribution in [1.29, 1.82) is 0 Å². The van der Waals surface area contributed by atoms with E-state index in [2.05, 4.69) is 16.8 Å². The third kappa shape index (κ3) is 29.9. The summed E-state index contributed by atoms with van der Waals surface area (Å²) < 4.78 is 14.7. The third-order valence-electron chi connectivity index (χ3n) is 3.33. The predicted molar refractivity (Wildman–Crippen MR) is 96.9 cm³/mol. The van der Waals surface area contributed by atoms with E-state index < -0.39 is 7.82 Å². The summed E-state index contributed by atoms with van der Waals surface area (Å²) in [5.41, 5.74) is 0. The molecular formula is C16H38NO6P. The molecule has 0 heterocycles. The molecule has 0 aromatic heterocycles. The van der Waals surface area contributed by atoms with E-state index in [0.29, 0.717) is 13.1 Å². The Morgan fingerprint density at radius 2 is 1.21 bits per heavy atom. The van der Waals surface area contributed by atoms with Gasteiger partial charge < -0.3 is 25.3 Å². The Hall–Kier alpha value is -0.0100. The van der Waals surface area contributed by atoms with Gasteiger partial charge in [0.15, 0.2) is 0 Å². The van der Waals surface area contributed by atoms with Gasteiger partial charge in [0.2, 0.25) is 0 Å². The molecule has 0 rings (SSSR count). The number of nitrogens with one attached hydrogen (secondary N) is 1. The second-order valence-electron chi connectivity index (χ2n) is 5.70. The molecule has 0 aromatic carbocycles. The molecular weight excluding hydrogens is 333 g/mol. The Kier molecular flexibility index (Phi) is 23.0. The molecule has 5 N–H and O–H groups in total. The van der Waals surface area contributed by atoms with Gasteiger partial charge in [0.1, 0.15) is 0 Å². The van der Waals surface area contributed by atoms with Crippen molar-refractivity contribution >= 4 is 7.82 Å². The Morgan fingerprint density at radius 1 is 0.792 bits per heavy atom. The largest absolute Gasteiger partial charge is 0.469 e. The van der Waals surface area contributed by atoms with Crippen LogP contribution in [0.4, 0.5) is 0 Å². The monoisotopic (exact) mass is 371 g/mol. The number of hydrogen-bond donors (Lipinski definition) is 5. The minimum Gasteiger partial charge on any atom is -0.395 e. The standard InChI is InChI=1S/C12H27O4P.C4H11NO2/c1-2-3-4-5-6-7-8-9-10-11-12-16-17(13,14)15;6-3-1-5-2-4-7/h2-12H2,1H3,(H2,13,14,15);5-7H,1-4H2. The second-order valence-corrected chi connectivity index (χ2v) is 6.94. The molecule has 7 nitrogen and oxygen atoms in total. The summed E-state index contributed by atoms with van der Waals surface area (Å²) in [6.45, 7) is 3.81. The van der Waals surface area contributed by atoms with Crippen LogP contribution in [0.25, 0.3) is 0 Å². The zero-order chi connectivity index (χ0) is 18.5. The van der Waals surface area contributed by atoms with Crippen molar-refractivity contribution in [3.63, 3.8) is 0 Å². The normalized spacial score (nSPS) is 11.2. The van der Waals surface area contributed by atoms with Crippen LogP contribution in [0.2, 0.25) is 0 Å². The second kappa shape index (κ2) is 21.0. The summed E-state index contributed by atoms with van der Waals surface area (Å²) in [7, 11) is -4.24. The van der Waals surface area contributed by atoms with Crippen LogP contribution >= 0.6 is 7.82 Å². The highest BCUT2D eigenvalue weighted by Crippen LogP contribution is 2.35. The molecule has 148 valence electrons. The summed E-state index contributed by atoms with van der Waals surface area (Å²) in [4.78, 5) is 16.9. The van der Waals surface area contributed by atoms with Gasteiger partial charge >= 0.3 is 7.82 Å². The van der Waals surface area contributed by atoms with Crippen LogP contribution in [0.1, 0.15) is 71.1 Å². The topological polar surface area (TPSA) is 119 Å². The molecule has 0 amide bonds. The number of unbranched alkanes of at least 4 members (excludes halogenated alkanes) is 9. The van der Waals surface area contributed by atoms with Gasteiger partial charge in [-0.05, 0) is 6.42 Å². The first-order valence-corrected chi connectivity index (χ1v) is 10.6. The fourth-order valence-corrected chi connectivity index (χ4v) is 2.42. The van der Waals surface area contributed by atoms with Gasteiger partial charge in [-0.15, -0.1) is 0 Å². The highest BCUT2D eigenvalue weighted by molar-refractivity contribution is 7.46. The first-order valence-electron chi connectivity index (χ1n) is 9.10. The highest BCUT2D eigenvalue weighted by atomic mass is 31.2. The van der Waals surface area contributed by atoms with E-state index in [1.165, 1.54) is 44.9 Å². The van der Waals surface area contributed by atoms with Gasteiger partial charge in [-0.25, -0.2) is 4.57 Å². The van der Waals surface area contributed by atoms with Gasteiger partial charge in [-0.3, -0.25) is 4.52 Å². The molecule has 24 heavy (non-hydrogen) atoms. The van der Waals surface area contributed by atoms with E-state index in [1.54, 1.807) is 0 Å². The lowest BCUT2D eigenvalue weighted by molar-refractivity contribution is 0.193. The molecule has 0 fully saturated rings. The Labute approximate surface area is 147 Å². The van der Waals surface area contributed by atoms with Crippen molar-refractivity contribution in [3.05, 3.63) is 0 Å². The van der Waals surface area contributed by atoms with Crippen LogP contribution in [0.15, 0.2) is 0 Å². The van der Waals surface area contributed by atoms with Crippen molar-refractivity contribution in [3.8, 4) is 0 Å². The minimum atomic E-state index is -4.24. The van der Waals surface area contributed by atoms with E-state index in [0.717, 1.165) is 19.3 Å². The lowest BCUT2D eigenvalue weighted by Gasteiger charge is -2.05. The van der Waals surface area contributed by atoms with Gasteiger partial charge in [0.05, 0.1) is 19.8 Å². The SMILES string of the molecule is CCCCCCCCCCCCOP(=O)(O)O.OCCNCCO. The van der Waals surface area contributed by atoms with Crippen molar-refractivity contribution in [2.45, 2.75) is 71.1 Å². The summed E-state index contributed by atoms with van der Waals surface area (Å²) >= 11 is 0. The van der Waals surface area contributed by atoms with Crippen LogP contribution < -0.4 is 5.32 Å². The zero-order valence-corrected chi connectivity index (χ0v) is 16.1. The lowest BCUT2D eigenvalue weighted by Crippen LogP contribution is -2.21. The molecule has 0 spiro atoms. The predicted octanol–water partition coefficient (Wildman–Crippen LogP) is 2.58. The number of hydrogen-bond acceptors (Lipinski definition) is 5. The number of phosphoric acid groups is 1. The lowest BCUT2D eigenvalue weighted by atomic mass is 10.1. The van der Waals surface area contributed by atoms with Gasteiger partial charge in [0.25, 0.3) is 0 Å². The molecule has 0 aromatic rings. The summed E-state index contributed by atoms with van der Waals surface area (Å²) in [6.07, 6.45) is 12.0. The van der Waals surface area contributed by atoms with E-state index >= 15 is 0 Å². The van der Waals surface area contributed by atoms with Gasteiger partial charge in [0, 0.05) is 13.1 Å². The number of phosphoric ester groups is 1. The fraction of sp³-hybridized carbons (Fsp3) is 1.00. The van der Waals surface area contributed by atoms with E-state index in [-0.39, 0.29) is 19.8 Å². The number of aliphatic hydroxyl groups excluding tert-OH is 2. The van der Waals surface area contributed by atoms with Crippen LogP contribution in [0.3, 0.4) is 0 Å². The number of rotatable bonds is 16. The smallest absolute Gasteiger partial charge is 0.395 e. The summed E-state index contributed by atoms with van der Waals surface area (Å²) in [6, 6.07) is 0. The Morgan fingerprint density at radius 3 is 1.58 bits per heavy atom. The molecule has 0 aliphatic heterocycles. The van der Waals surface area contributed by atoms with Crippen LogP contribution in [-0.4, -0.2) is 52.9 Å². The number of aliphatic hydroxyl groups is 2. The molecule has 0 saturated heterocycles. The quantitative estimate of drug-likeness (QED) is 0.209. The molecule has 0 unspecified atom stereocenters. The average molecular weight is 371 g/mol. The Balaban J connectivity index is 0. The fourth-order valence-electron chi connectivity index (χ4n) is 2.06. The summed E-state index contributed by atoms with van der Waals surface area (Å²) in [5.74, 6) is 0. The van der Waals surface area contributed by atoms with Crippen LogP contribution in [0, 0.1) is 0 Å². The van der Waals surface area contributed by atoms with Gasteiger partial charge in [-0.1, -0.05) is 64.7 Å². The molecule has 0 atom stereocenters. The Bertz CT molecular complexity index is 271.